The molecule has 0 aromatic heterocycles. The molecule has 0 aliphatic rings. The summed E-state index contributed by atoms with van der Waals surface area (Å²) in [6.45, 7) is 5.35. The van der Waals surface area contributed by atoms with Crippen molar-refractivity contribution in [3.8, 4) is 0 Å². The Hall–Kier alpha value is -0.870. The number of hydrogen-bond acceptors (Lipinski definition) is 4. The molecule has 4 heteroatoms. The van der Waals surface area contributed by atoms with Crippen molar-refractivity contribution < 1.29 is 19.4 Å². The molecule has 0 rings (SSSR count). The van der Waals surface area contributed by atoms with Crippen LogP contribution in [0.2, 0.25) is 0 Å². The number of aliphatic hydroxyl groups excluding tert-OH is 1. The lowest BCUT2D eigenvalue weighted by Crippen LogP contribution is -2.27. The molecule has 0 aromatic carbocycles. The SMILES string of the molecule is CCCCC/C=C\CCCCCCCCOCC(CO)OC(=O)CCCCCCCCCCCCCCCCCCCCCC. The molecule has 0 fully saturated rings. The Balaban J connectivity index is 3.37. The predicted octanol–water partition coefficient (Wildman–Crippen LogP) is 13.0. The van der Waals surface area contributed by atoms with Crippen LogP contribution in [0.15, 0.2) is 12.2 Å². The van der Waals surface area contributed by atoms with E-state index in [0.717, 1.165) is 19.3 Å². The summed E-state index contributed by atoms with van der Waals surface area (Å²) in [6, 6.07) is 0. The van der Waals surface area contributed by atoms with E-state index in [1.807, 2.05) is 0 Å². The standard InChI is InChI=1S/C41H80O4/c1-3-5-7-9-11-13-15-17-18-19-20-21-22-23-24-26-28-30-32-34-36-41(43)45-40(38-42)39-44-37-35-33-31-29-27-25-16-14-12-10-8-6-4-2/h12,14,40,42H,3-11,13,15-39H2,1-2H3/b14-12-. The third kappa shape index (κ3) is 37.5. The highest BCUT2D eigenvalue weighted by molar-refractivity contribution is 5.69. The van der Waals surface area contributed by atoms with Crippen molar-refractivity contribution in [1.82, 2.24) is 0 Å². The highest BCUT2D eigenvalue weighted by atomic mass is 16.6. The lowest BCUT2D eigenvalue weighted by atomic mass is 10.0. The summed E-state index contributed by atoms with van der Waals surface area (Å²) < 4.78 is 11.1. The lowest BCUT2D eigenvalue weighted by Gasteiger charge is -2.15. The van der Waals surface area contributed by atoms with Crippen LogP contribution in [0, 0.1) is 0 Å². The number of carbonyl (C=O) groups excluding carboxylic acids is 1. The summed E-state index contributed by atoms with van der Waals surface area (Å²) in [5, 5.41) is 9.57. The van der Waals surface area contributed by atoms with E-state index in [0.29, 0.717) is 19.6 Å². The second kappa shape index (κ2) is 39.3. The third-order valence-electron chi connectivity index (χ3n) is 9.09. The Bertz CT molecular complexity index is 590. The number of ether oxygens (including phenoxy) is 2. The van der Waals surface area contributed by atoms with Gasteiger partial charge in [0.1, 0.15) is 6.10 Å². The minimum absolute atomic E-state index is 0.169. The molecule has 0 amide bonds. The number of carbonyl (C=O) groups is 1. The van der Waals surface area contributed by atoms with Crippen LogP contribution in [0.1, 0.15) is 219 Å². The molecule has 268 valence electrons. The second-order valence-electron chi connectivity index (χ2n) is 13.7. The van der Waals surface area contributed by atoms with Gasteiger partial charge in [0.2, 0.25) is 0 Å². The van der Waals surface area contributed by atoms with E-state index in [4.69, 9.17) is 9.47 Å². The average Bonchev–Trinajstić information content (AvgIpc) is 3.05. The summed E-state index contributed by atoms with van der Waals surface area (Å²) in [5.74, 6) is -0.198. The third-order valence-corrected chi connectivity index (χ3v) is 9.09. The molecule has 0 aromatic rings. The Morgan fingerprint density at radius 1 is 0.511 bits per heavy atom. The summed E-state index contributed by atoms with van der Waals surface area (Å²) in [4.78, 5) is 12.2. The van der Waals surface area contributed by atoms with E-state index in [9.17, 15) is 9.90 Å². The zero-order valence-electron chi connectivity index (χ0n) is 30.7. The first-order valence-corrected chi connectivity index (χ1v) is 20.3. The fraction of sp³-hybridized carbons (Fsp3) is 0.927. The van der Waals surface area contributed by atoms with Gasteiger partial charge in [0.25, 0.3) is 0 Å². The van der Waals surface area contributed by atoms with Crippen LogP contribution in [0.5, 0.6) is 0 Å². The summed E-state index contributed by atoms with van der Waals surface area (Å²) in [7, 11) is 0. The van der Waals surface area contributed by atoms with Gasteiger partial charge in [-0.05, 0) is 38.5 Å². The monoisotopic (exact) mass is 637 g/mol. The lowest BCUT2D eigenvalue weighted by molar-refractivity contribution is -0.154. The first-order chi connectivity index (χ1) is 22.2. The molecule has 0 saturated heterocycles. The Morgan fingerprint density at radius 2 is 0.867 bits per heavy atom. The van der Waals surface area contributed by atoms with Gasteiger partial charge in [-0.15, -0.1) is 0 Å². The van der Waals surface area contributed by atoms with Crippen molar-refractivity contribution in [1.29, 1.82) is 0 Å². The maximum absolute atomic E-state index is 12.2. The van der Waals surface area contributed by atoms with Crippen LogP contribution >= 0.6 is 0 Å². The maximum atomic E-state index is 12.2. The molecular weight excluding hydrogens is 556 g/mol. The number of hydrogen-bond donors (Lipinski definition) is 1. The molecule has 0 aliphatic heterocycles. The van der Waals surface area contributed by atoms with Crippen molar-refractivity contribution >= 4 is 5.97 Å². The number of esters is 1. The number of aliphatic hydroxyl groups is 1. The fourth-order valence-corrected chi connectivity index (χ4v) is 6.03. The van der Waals surface area contributed by atoms with Crippen LogP contribution in [-0.4, -0.2) is 37.0 Å². The van der Waals surface area contributed by atoms with Crippen molar-refractivity contribution in [2.24, 2.45) is 0 Å². The molecule has 1 unspecified atom stereocenters. The maximum Gasteiger partial charge on any atom is 0.306 e. The zero-order chi connectivity index (χ0) is 32.7. The molecule has 0 radical (unpaired) electrons. The van der Waals surface area contributed by atoms with Gasteiger partial charge in [-0.1, -0.05) is 187 Å². The smallest absolute Gasteiger partial charge is 0.306 e. The highest BCUT2D eigenvalue weighted by Gasteiger charge is 2.13. The van der Waals surface area contributed by atoms with Crippen molar-refractivity contribution in [2.45, 2.75) is 225 Å². The van der Waals surface area contributed by atoms with Gasteiger partial charge in [0.05, 0.1) is 13.2 Å². The molecule has 4 nitrogen and oxygen atoms in total. The minimum Gasteiger partial charge on any atom is -0.457 e. The summed E-state index contributed by atoms with van der Waals surface area (Å²) in [6.07, 6.45) is 45.5. The van der Waals surface area contributed by atoms with Crippen LogP contribution in [0.4, 0.5) is 0 Å². The molecule has 1 atom stereocenters. The molecule has 1 N–H and O–H groups in total. The summed E-state index contributed by atoms with van der Waals surface area (Å²) in [5.41, 5.74) is 0. The van der Waals surface area contributed by atoms with Gasteiger partial charge in [0, 0.05) is 13.0 Å². The van der Waals surface area contributed by atoms with E-state index in [1.165, 1.54) is 180 Å². The van der Waals surface area contributed by atoms with Crippen LogP contribution < -0.4 is 0 Å². The molecule has 0 aliphatic carbocycles. The zero-order valence-corrected chi connectivity index (χ0v) is 30.7. The van der Waals surface area contributed by atoms with Crippen LogP contribution in [0.25, 0.3) is 0 Å². The fourth-order valence-electron chi connectivity index (χ4n) is 6.03. The van der Waals surface area contributed by atoms with E-state index in [1.54, 1.807) is 0 Å². The van der Waals surface area contributed by atoms with Crippen LogP contribution in [-0.2, 0) is 14.3 Å². The quantitative estimate of drug-likeness (QED) is 0.0416. The normalized spacial score (nSPS) is 12.3. The minimum atomic E-state index is -0.530. The van der Waals surface area contributed by atoms with E-state index >= 15 is 0 Å². The highest BCUT2D eigenvalue weighted by Crippen LogP contribution is 2.15. The predicted molar refractivity (Wildman–Crippen MR) is 196 cm³/mol. The second-order valence-corrected chi connectivity index (χ2v) is 13.7. The molecule has 45 heavy (non-hydrogen) atoms. The molecule has 0 bridgehead atoms. The van der Waals surface area contributed by atoms with E-state index in [2.05, 4.69) is 26.0 Å². The topological polar surface area (TPSA) is 55.8 Å². The largest absolute Gasteiger partial charge is 0.457 e. The van der Waals surface area contributed by atoms with Gasteiger partial charge < -0.3 is 14.6 Å². The van der Waals surface area contributed by atoms with Crippen molar-refractivity contribution in [3.63, 3.8) is 0 Å². The molecule has 0 saturated carbocycles. The number of allylic oxidation sites excluding steroid dienone is 2. The summed E-state index contributed by atoms with van der Waals surface area (Å²) >= 11 is 0. The Kier molecular flexibility index (Phi) is 38.5. The van der Waals surface area contributed by atoms with E-state index < -0.39 is 6.10 Å². The van der Waals surface area contributed by atoms with Crippen molar-refractivity contribution in [2.75, 3.05) is 19.8 Å². The van der Waals surface area contributed by atoms with Gasteiger partial charge in [-0.2, -0.15) is 0 Å². The number of unbranched alkanes of at least 4 members (excludes halogenated alkanes) is 28. The first kappa shape index (κ1) is 44.1. The Morgan fingerprint density at radius 3 is 1.31 bits per heavy atom. The first-order valence-electron chi connectivity index (χ1n) is 20.3. The number of rotatable bonds is 38. The van der Waals surface area contributed by atoms with Gasteiger partial charge in [-0.25, -0.2) is 0 Å². The van der Waals surface area contributed by atoms with E-state index in [-0.39, 0.29) is 12.6 Å². The van der Waals surface area contributed by atoms with Gasteiger partial charge >= 0.3 is 5.97 Å². The Labute approximate surface area is 282 Å². The molecule has 0 spiro atoms. The van der Waals surface area contributed by atoms with Gasteiger partial charge in [0.15, 0.2) is 0 Å². The van der Waals surface area contributed by atoms with Crippen LogP contribution in [0.3, 0.4) is 0 Å². The molecular formula is C41H80O4. The molecule has 0 heterocycles. The van der Waals surface area contributed by atoms with Gasteiger partial charge in [-0.3, -0.25) is 4.79 Å². The average molecular weight is 637 g/mol. The van der Waals surface area contributed by atoms with Crippen molar-refractivity contribution in [3.05, 3.63) is 12.2 Å².